The fourth-order valence-corrected chi connectivity index (χ4v) is 2.59. The molecule has 0 aromatic heterocycles. The molecule has 18 heavy (non-hydrogen) atoms. The lowest BCUT2D eigenvalue weighted by molar-refractivity contribution is 0.0584. The number of carbonyl (C=O) groups is 1. The number of benzene rings is 1. The van der Waals surface area contributed by atoms with Gasteiger partial charge in [-0.1, -0.05) is 23.2 Å². The van der Waals surface area contributed by atoms with Gasteiger partial charge in [0.2, 0.25) is 0 Å². The van der Waals surface area contributed by atoms with E-state index in [1.165, 1.54) is 0 Å². The Labute approximate surface area is 117 Å². The highest BCUT2D eigenvalue weighted by molar-refractivity contribution is 6.37. The van der Waals surface area contributed by atoms with E-state index in [0.717, 1.165) is 17.7 Å². The highest BCUT2D eigenvalue weighted by Crippen LogP contribution is 2.38. The van der Waals surface area contributed by atoms with Crippen molar-refractivity contribution in [3.8, 4) is 0 Å². The first-order chi connectivity index (χ1) is 8.28. The van der Waals surface area contributed by atoms with Crippen LogP contribution in [0.25, 0.3) is 0 Å². The lowest BCUT2D eigenvalue weighted by atomic mass is 10.2. The minimum Gasteiger partial charge on any atom is -0.443 e. The first-order valence-corrected chi connectivity index (χ1v) is 6.52. The Morgan fingerprint density at radius 2 is 2.00 bits per heavy atom. The molecule has 0 N–H and O–H groups in total. The molecule has 0 radical (unpaired) electrons. The zero-order valence-corrected chi connectivity index (χ0v) is 12.1. The number of hydrogen-bond donors (Lipinski definition) is 0. The summed E-state index contributed by atoms with van der Waals surface area (Å²) in [5.74, 6) is 0. The van der Waals surface area contributed by atoms with Crippen molar-refractivity contribution in [2.24, 2.45) is 0 Å². The second-order valence-corrected chi connectivity index (χ2v) is 6.12. The van der Waals surface area contributed by atoms with E-state index in [1.807, 2.05) is 26.8 Å². The van der Waals surface area contributed by atoms with Crippen molar-refractivity contribution in [2.45, 2.75) is 32.8 Å². The number of ether oxygens (including phenoxy) is 1. The van der Waals surface area contributed by atoms with Crippen LogP contribution in [0.3, 0.4) is 0 Å². The molecule has 0 atom stereocenters. The summed E-state index contributed by atoms with van der Waals surface area (Å²) in [6.07, 6.45) is 0.375. The molecule has 2 rings (SSSR count). The van der Waals surface area contributed by atoms with Gasteiger partial charge in [-0.3, -0.25) is 4.90 Å². The van der Waals surface area contributed by atoms with E-state index < -0.39 is 5.60 Å². The highest BCUT2D eigenvalue weighted by atomic mass is 35.5. The lowest BCUT2D eigenvalue weighted by Crippen LogP contribution is -2.35. The maximum atomic E-state index is 12.1. The van der Waals surface area contributed by atoms with Crippen LogP contribution >= 0.6 is 23.2 Å². The molecule has 5 heteroatoms. The van der Waals surface area contributed by atoms with Crippen LogP contribution in [0.5, 0.6) is 0 Å². The van der Waals surface area contributed by atoms with Crippen LogP contribution in [-0.2, 0) is 11.2 Å². The largest absolute Gasteiger partial charge is 0.443 e. The van der Waals surface area contributed by atoms with Crippen molar-refractivity contribution in [1.82, 2.24) is 0 Å². The van der Waals surface area contributed by atoms with Crippen molar-refractivity contribution < 1.29 is 9.53 Å². The molecule has 0 spiro atoms. The molecule has 1 aromatic carbocycles. The van der Waals surface area contributed by atoms with Crippen LogP contribution < -0.4 is 4.90 Å². The smallest absolute Gasteiger partial charge is 0.414 e. The second kappa shape index (κ2) is 4.63. The van der Waals surface area contributed by atoms with E-state index in [0.29, 0.717) is 16.6 Å². The maximum Gasteiger partial charge on any atom is 0.414 e. The summed E-state index contributed by atoms with van der Waals surface area (Å²) < 4.78 is 5.36. The topological polar surface area (TPSA) is 29.5 Å². The van der Waals surface area contributed by atoms with Crippen molar-refractivity contribution >= 4 is 35.0 Å². The summed E-state index contributed by atoms with van der Waals surface area (Å²) in [7, 11) is 0. The van der Waals surface area contributed by atoms with Gasteiger partial charge in [0, 0.05) is 11.6 Å². The van der Waals surface area contributed by atoms with Crippen LogP contribution in [0.4, 0.5) is 10.5 Å². The molecule has 3 nitrogen and oxygen atoms in total. The third-order valence-corrected chi connectivity index (χ3v) is 3.10. The Kier molecular flexibility index (Phi) is 3.47. The third-order valence-electron chi connectivity index (χ3n) is 2.60. The fourth-order valence-electron chi connectivity index (χ4n) is 1.96. The van der Waals surface area contributed by atoms with Crippen molar-refractivity contribution in [3.05, 3.63) is 27.7 Å². The van der Waals surface area contributed by atoms with E-state index in [4.69, 9.17) is 27.9 Å². The van der Waals surface area contributed by atoms with Gasteiger partial charge >= 0.3 is 6.09 Å². The molecule has 1 aliphatic rings. The standard InChI is InChI=1S/C13H15Cl2NO2/c1-13(2,3)18-12(17)16-5-4-8-6-9(14)7-10(15)11(8)16/h6-7H,4-5H2,1-3H3. The summed E-state index contributed by atoms with van der Waals surface area (Å²) in [5, 5.41) is 1.07. The summed E-state index contributed by atoms with van der Waals surface area (Å²) in [4.78, 5) is 13.6. The Hall–Kier alpha value is -0.930. The van der Waals surface area contributed by atoms with Gasteiger partial charge in [-0.05, 0) is 44.9 Å². The van der Waals surface area contributed by atoms with Crippen LogP contribution in [0.1, 0.15) is 26.3 Å². The monoisotopic (exact) mass is 287 g/mol. The summed E-state index contributed by atoms with van der Waals surface area (Å²) in [6, 6.07) is 3.48. The molecule has 1 heterocycles. The molecule has 0 unspecified atom stereocenters. The minimum absolute atomic E-state index is 0.370. The molecular formula is C13H15Cl2NO2. The Morgan fingerprint density at radius 3 is 2.61 bits per heavy atom. The fraction of sp³-hybridized carbons (Fsp3) is 0.462. The van der Waals surface area contributed by atoms with Gasteiger partial charge in [0.1, 0.15) is 5.60 Å². The Balaban J connectivity index is 2.29. The Morgan fingerprint density at radius 1 is 1.33 bits per heavy atom. The average molecular weight is 288 g/mol. The molecule has 1 aliphatic heterocycles. The molecule has 0 saturated carbocycles. The number of halogens is 2. The zero-order valence-electron chi connectivity index (χ0n) is 10.6. The van der Waals surface area contributed by atoms with Crippen LogP contribution in [0.15, 0.2) is 12.1 Å². The molecule has 1 amide bonds. The second-order valence-electron chi connectivity index (χ2n) is 5.28. The van der Waals surface area contributed by atoms with Crippen molar-refractivity contribution in [2.75, 3.05) is 11.4 Å². The normalized spacial score (nSPS) is 14.6. The summed E-state index contributed by atoms with van der Waals surface area (Å²) in [5.41, 5.74) is 1.19. The quantitative estimate of drug-likeness (QED) is 0.712. The number of rotatable bonds is 0. The van der Waals surface area contributed by atoms with Gasteiger partial charge in [-0.25, -0.2) is 4.79 Å². The molecule has 0 fully saturated rings. The highest BCUT2D eigenvalue weighted by Gasteiger charge is 2.30. The molecule has 0 saturated heterocycles. The third kappa shape index (κ3) is 2.73. The van der Waals surface area contributed by atoms with E-state index >= 15 is 0 Å². The SMILES string of the molecule is CC(C)(C)OC(=O)N1CCc2cc(Cl)cc(Cl)c21. The average Bonchev–Trinajstić information content (AvgIpc) is 2.58. The number of hydrogen-bond acceptors (Lipinski definition) is 2. The number of anilines is 1. The van der Waals surface area contributed by atoms with E-state index in [9.17, 15) is 4.79 Å². The Bertz CT molecular complexity index is 494. The number of fused-ring (bicyclic) bond motifs is 1. The van der Waals surface area contributed by atoms with Crippen molar-refractivity contribution in [3.63, 3.8) is 0 Å². The summed E-state index contributed by atoms with van der Waals surface area (Å²) in [6.45, 7) is 6.09. The molecule has 0 bridgehead atoms. The van der Waals surface area contributed by atoms with Gasteiger partial charge in [-0.2, -0.15) is 0 Å². The van der Waals surface area contributed by atoms with E-state index in [1.54, 1.807) is 11.0 Å². The number of nitrogens with zero attached hydrogens (tertiary/aromatic N) is 1. The summed E-state index contributed by atoms with van der Waals surface area (Å²) >= 11 is 12.1. The predicted octanol–water partition coefficient (Wildman–Crippen LogP) is 4.29. The number of carbonyl (C=O) groups excluding carboxylic acids is 1. The minimum atomic E-state index is -0.515. The predicted molar refractivity (Wildman–Crippen MR) is 73.7 cm³/mol. The maximum absolute atomic E-state index is 12.1. The van der Waals surface area contributed by atoms with Crippen LogP contribution in [-0.4, -0.2) is 18.2 Å². The van der Waals surface area contributed by atoms with Gasteiger partial charge in [0.15, 0.2) is 0 Å². The molecule has 0 aliphatic carbocycles. The molecule has 1 aromatic rings. The van der Waals surface area contributed by atoms with Gasteiger partial charge in [-0.15, -0.1) is 0 Å². The first-order valence-electron chi connectivity index (χ1n) is 5.76. The van der Waals surface area contributed by atoms with Crippen LogP contribution in [0, 0.1) is 0 Å². The zero-order chi connectivity index (χ0) is 13.5. The lowest BCUT2D eigenvalue weighted by Gasteiger charge is -2.25. The van der Waals surface area contributed by atoms with E-state index in [2.05, 4.69) is 0 Å². The number of amides is 1. The van der Waals surface area contributed by atoms with E-state index in [-0.39, 0.29) is 6.09 Å². The van der Waals surface area contributed by atoms with Gasteiger partial charge < -0.3 is 4.74 Å². The molecular weight excluding hydrogens is 273 g/mol. The van der Waals surface area contributed by atoms with Crippen molar-refractivity contribution in [1.29, 1.82) is 0 Å². The van der Waals surface area contributed by atoms with Crippen LogP contribution in [0.2, 0.25) is 10.0 Å². The molecule has 98 valence electrons. The van der Waals surface area contributed by atoms with Gasteiger partial charge in [0.05, 0.1) is 10.7 Å². The van der Waals surface area contributed by atoms with Gasteiger partial charge in [0.25, 0.3) is 0 Å². The first kappa shape index (κ1) is 13.5.